The summed E-state index contributed by atoms with van der Waals surface area (Å²) < 4.78 is 5.56. The number of nitrogens with zero attached hydrogens (tertiary/aromatic N) is 2. The number of aryl methyl sites for hydroxylation is 1. The van der Waals surface area contributed by atoms with Gasteiger partial charge in [-0.1, -0.05) is 24.3 Å². The predicted molar refractivity (Wildman–Crippen MR) is 110 cm³/mol. The van der Waals surface area contributed by atoms with Crippen molar-refractivity contribution in [3.63, 3.8) is 0 Å². The van der Waals surface area contributed by atoms with Crippen LogP contribution in [0.25, 0.3) is 0 Å². The lowest BCUT2D eigenvalue weighted by molar-refractivity contribution is -0.118. The monoisotopic (exact) mass is 379 g/mol. The minimum atomic E-state index is -0.210. The van der Waals surface area contributed by atoms with Gasteiger partial charge in [0, 0.05) is 19.0 Å². The molecule has 2 aliphatic rings. The maximum atomic E-state index is 13.4. The van der Waals surface area contributed by atoms with Gasteiger partial charge in [0.2, 0.25) is 11.8 Å². The molecule has 2 aromatic rings. The lowest BCUT2D eigenvalue weighted by Gasteiger charge is -2.35. The standard InChI is InChI=1S/C22H25N3O3/c1-15-13-20(26)23-17-9-3-4-10-18(17)25(15)21(27)14-24-12-6-8-16-7-5-11-19(28-2)22(16)24/h3-5,7,9-11,15H,6,8,12-14H2,1-2H3,(H,23,26)/t15-/m0/s1. The summed E-state index contributed by atoms with van der Waals surface area (Å²) in [7, 11) is 1.66. The van der Waals surface area contributed by atoms with E-state index in [1.807, 2.05) is 43.3 Å². The molecule has 0 saturated carbocycles. The zero-order chi connectivity index (χ0) is 19.7. The molecular weight excluding hydrogens is 354 g/mol. The summed E-state index contributed by atoms with van der Waals surface area (Å²) in [6.45, 7) is 2.98. The molecule has 2 aromatic carbocycles. The van der Waals surface area contributed by atoms with Crippen molar-refractivity contribution in [2.75, 3.05) is 35.3 Å². The van der Waals surface area contributed by atoms with Crippen LogP contribution in [-0.4, -0.2) is 38.1 Å². The normalized spacial score (nSPS) is 18.6. The largest absolute Gasteiger partial charge is 0.495 e. The van der Waals surface area contributed by atoms with Crippen LogP contribution in [-0.2, 0) is 16.0 Å². The summed E-state index contributed by atoms with van der Waals surface area (Å²) in [5.74, 6) is 0.710. The molecule has 2 aliphatic heterocycles. The van der Waals surface area contributed by atoms with Crippen molar-refractivity contribution < 1.29 is 14.3 Å². The number of anilines is 3. The molecule has 0 fully saturated rings. The lowest BCUT2D eigenvalue weighted by atomic mass is 10.0. The molecule has 0 spiro atoms. The van der Waals surface area contributed by atoms with Crippen molar-refractivity contribution in [1.29, 1.82) is 0 Å². The van der Waals surface area contributed by atoms with Crippen molar-refractivity contribution in [2.45, 2.75) is 32.2 Å². The second-order valence-corrected chi connectivity index (χ2v) is 7.38. The third kappa shape index (κ3) is 3.30. The average Bonchev–Trinajstić information content (AvgIpc) is 2.81. The zero-order valence-corrected chi connectivity index (χ0v) is 16.3. The van der Waals surface area contributed by atoms with Crippen molar-refractivity contribution in [3.8, 4) is 5.75 Å². The Hall–Kier alpha value is -3.02. The lowest BCUT2D eigenvalue weighted by Crippen LogP contribution is -2.46. The van der Waals surface area contributed by atoms with Gasteiger partial charge in [0.15, 0.2) is 0 Å². The fourth-order valence-electron chi connectivity index (χ4n) is 4.23. The molecule has 146 valence electrons. The fraction of sp³-hybridized carbons (Fsp3) is 0.364. The van der Waals surface area contributed by atoms with Crippen LogP contribution in [0.2, 0.25) is 0 Å². The van der Waals surface area contributed by atoms with Crippen LogP contribution >= 0.6 is 0 Å². The Morgan fingerprint density at radius 1 is 1.21 bits per heavy atom. The molecular formula is C22H25N3O3. The second-order valence-electron chi connectivity index (χ2n) is 7.38. The first-order chi connectivity index (χ1) is 13.6. The van der Waals surface area contributed by atoms with Gasteiger partial charge in [-0.05, 0) is 43.5 Å². The maximum absolute atomic E-state index is 13.4. The SMILES string of the molecule is COc1cccc2c1N(CC(=O)N1c3ccccc3NC(=O)C[C@@H]1C)CCC2. The highest BCUT2D eigenvalue weighted by Gasteiger charge is 2.31. The van der Waals surface area contributed by atoms with Crippen LogP contribution in [0.3, 0.4) is 0 Å². The number of carbonyl (C=O) groups is 2. The van der Waals surface area contributed by atoms with Crippen molar-refractivity contribution in [1.82, 2.24) is 0 Å². The zero-order valence-electron chi connectivity index (χ0n) is 16.3. The van der Waals surface area contributed by atoms with E-state index in [-0.39, 0.29) is 30.8 Å². The van der Waals surface area contributed by atoms with Gasteiger partial charge in [-0.25, -0.2) is 0 Å². The molecule has 1 N–H and O–H groups in total. The Balaban J connectivity index is 1.66. The van der Waals surface area contributed by atoms with Crippen molar-refractivity contribution in [3.05, 3.63) is 48.0 Å². The number of hydrogen-bond donors (Lipinski definition) is 1. The van der Waals surface area contributed by atoms with E-state index in [0.717, 1.165) is 36.5 Å². The molecule has 0 unspecified atom stereocenters. The van der Waals surface area contributed by atoms with E-state index >= 15 is 0 Å². The summed E-state index contributed by atoms with van der Waals surface area (Å²) in [5, 5.41) is 2.91. The molecule has 2 heterocycles. The Morgan fingerprint density at radius 3 is 2.86 bits per heavy atom. The summed E-state index contributed by atoms with van der Waals surface area (Å²) in [5.41, 5.74) is 3.65. The molecule has 1 atom stereocenters. The summed E-state index contributed by atoms with van der Waals surface area (Å²) >= 11 is 0. The van der Waals surface area contributed by atoms with Crippen molar-refractivity contribution in [2.24, 2.45) is 0 Å². The van der Waals surface area contributed by atoms with E-state index < -0.39 is 0 Å². The molecule has 6 nitrogen and oxygen atoms in total. The number of amides is 2. The van der Waals surface area contributed by atoms with E-state index in [2.05, 4.69) is 16.3 Å². The highest BCUT2D eigenvalue weighted by atomic mass is 16.5. The topological polar surface area (TPSA) is 61.9 Å². The number of fused-ring (bicyclic) bond motifs is 2. The van der Waals surface area contributed by atoms with Crippen LogP contribution in [0.1, 0.15) is 25.3 Å². The van der Waals surface area contributed by atoms with Gasteiger partial charge < -0.3 is 19.9 Å². The summed E-state index contributed by atoms with van der Waals surface area (Å²) in [6.07, 6.45) is 2.26. The van der Waals surface area contributed by atoms with Gasteiger partial charge in [0.05, 0.1) is 30.7 Å². The maximum Gasteiger partial charge on any atom is 0.246 e. The van der Waals surface area contributed by atoms with Crippen LogP contribution in [0, 0.1) is 0 Å². The number of benzene rings is 2. The number of nitrogens with one attached hydrogen (secondary N) is 1. The van der Waals surface area contributed by atoms with Crippen LogP contribution in [0.5, 0.6) is 5.75 Å². The third-order valence-corrected chi connectivity index (χ3v) is 5.45. The van der Waals surface area contributed by atoms with Gasteiger partial charge >= 0.3 is 0 Å². The Morgan fingerprint density at radius 2 is 2.04 bits per heavy atom. The van der Waals surface area contributed by atoms with Crippen LogP contribution in [0.15, 0.2) is 42.5 Å². The number of methoxy groups -OCH3 is 1. The van der Waals surface area contributed by atoms with E-state index in [9.17, 15) is 9.59 Å². The van der Waals surface area contributed by atoms with Crippen LogP contribution < -0.4 is 19.9 Å². The highest BCUT2D eigenvalue weighted by Crippen LogP contribution is 2.37. The number of carbonyl (C=O) groups excluding carboxylic acids is 2. The molecule has 2 amide bonds. The third-order valence-electron chi connectivity index (χ3n) is 5.45. The first-order valence-corrected chi connectivity index (χ1v) is 9.70. The number of hydrogen-bond acceptors (Lipinski definition) is 4. The minimum Gasteiger partial charge on any atom is -0.495 e. The molecule has 0 radical (unpaired) electrons. The van der Waals surface area contributed by atoms with Gasteiger partial charge in [0.25, 0.3) is 0 Å². The molecule has 4 rings (SSSR count). The molecule has 28 heavy (non-hydrogen) atoms. The van der Waals surface area contributed by atoms with Crippen molar-refractivity contribution >= 4 is 28.9 Å². The second kappa shape index (κ2) is 7.54. The molecule has 0 aromatic heterocycles. The Bertz CT molecular complexity index is 897. The first kappa shape index (κ1) is 18.3. The molecule has 0 aliphatic carbocycles. The van der Waals surface area contributed by atoms with E-state index in [1.165, 1.54) is 5.56 Å². The first-order valence-electron chi connectivity index (χ1n) is 9.70. The quantitative estimate of drug-likeness (QED) is 0.890. The smallest absolute Gasteiger partial charge is 0.246 e. The molecule has 0 saturated heterocycles. The minimum absolute atomic E-state index is 0.0183. The van der Waals surface area contributed by atoms with Crippen LogP contribution in [0.4, 0.5) is 17.1 Å². The molecule has 6 heteroatoms. The Kier molecular flexibility index (Phi) is 4.94. The average molecular weight is 379 g/mol. The van der Waals surface area contributed by atoms with Gasteiger partial charge in [-0.3, -0.25) is 9.59 Å². The van der Waals surface area contributed by atoms with E-state index in [4.69, 9.17) is 4.74 Å². The molecule has 0 bridgehead atoms. The van der Waals surface area contributed by atoms with Gasteiger partial charge in [-0.15, -0.1) is 0 Å². The van der Waals surface area contributed by atoms with Gasteiger partial charge in [-0.2, -0.15) is 0 Å². The number of rotatable bonds is 3. The van der Waals surface area contributed by atoms with Gasteiger partial charge in [0.1, 0.15) is 5.75 Å². The summed E-state index contributed by atoms with van der Waals surface area (Å²) in [4.78, 5) is 29.5. The fourth-order valence-corrected chi connectivity index (χ4v) is 4.23. The number of ether oxygens (including phenoxy) is 1. The van der Waals surface area contributed by atoms with E-state index in [1.54, 1.807) is 12.0 Å². The Labute approximate surface area is 165 Å². The summed E-state index contributed by atoms with van der Waals surface area (Å²) in [6, 6.07) is 13.3. The number of para-hydroxylation sites is 3. The highest BCUT2D eigenvalue weighted by molar-refractivity contribution is 6.05. The van der Waals surface area contributed by atoms with E-state index in [0.29, 0.717) is 5.69 Å². The predicted octanol–water partition coefficient (Wildman–Crippen LogP) is 3.21.